The van der Waals surface area contributed by atoms with Crippen LogP contribution in [-0.4, -0.2) is 45.1 Å². The number of aromatic nitrogens is 4. The van der Waals surface area contributed by atoms with Gasteiger partial charge >= 0.3 is 0 Å². The minimum atomic E-state index is 0.316. The van der Waals surface area contributed by atoms with Gasteiger partial charge in [0.05, 0.1) is 12.2 Å². The summed E-state index contributed by atoms with van der Waals surface area (Å²) >= 11 is 0. The molecule has 0 spiro atoms. The highest BCUT2D eigenvalue weighted by Crippen LogP contribution is 2.46. The third-order valence-electron chi connectivity index (χ3n) is 6.10. The molecule has 6 rings (SSSR count). The summed E-state index contributed by atoms with van der Waals surface area (Å²) in [5.41, 5.74) is 0.854. The lowest BCUT2D eigenvalue weighted by molar-refractivity contribution is 0.100. The van der Waals surface area contributed by atoms with Crippen LogP contribution in [0.4, 0.5) is 5.82 Å². The molecule has 0 radical (unpaired) electrons. The van der Waals surface area contributed by atoms with Crippen LogP contribution in [0.5, 0.6) is 0 Å². The smallest absolute Gasteiger partial charge is 0.178 e. The molecule has 1 aliphatic carbocycles. The van der Waals surface area contributed by atoms with Crippen LogP contribution >= 0.6 is 0 Å². The summed E-state index contributed by atoms with van der Waals surface area (Å²) in [5.74, 6) is 4.54. The first-order valence-corrected chi connectivity index (χ1v) is 8.59. The molecular formula is C17H19N5O. The van der Waals surface area contributed by atoms with E-state index in [1.807, 2.05) is 10.6 Å². The van der Waals surface area contributed by atoms with E-state index in [1.54, 1.807) is 0 Å². The van der Waals surface area contributed by atoms with E-state index in [-0.39, 0.29) is 0 Å². The van der Waals surface area contributed by atoms with Crippen LogP contribution < -0.4 is 4.90 Å². The number of anilines is 1. The zero-order chi connectivity index (χ0) is 15.1. The van der Waals surface area contributed by atoms with Crippen LogP contribution in [0, 0.1) is 17.8 Å². The lowest BCUT2D eigenvalue weighted by Crippen LogP contribution is -2.26. The van der Waals surface area contributed by atoms with E-state index >= 15 is 0 Å². The Balaban J connectivity index is 1.35. The minimum absolute atomic E-state index is 0.316. The summed E-state index contributed by atoms with van der Waals surface area (Å²) in [7, 11) is 0. The highest BCUT2D eigenvalue weighted by atomic mass is 16.5. The van der Waals surface area contributed by atoms with Crippen molar-refractivity contribution in [2.45, 2.75) is 31.5 Å². The summed E-state index contributed by atoms with van der Waals surface area (Å²) in [6.45, 7) is 4.33. The molecule has 6 unspecified atom stereocenters. The molecule has 6 nitrogen and oxygen atoms in total. The molecule has 5 heterocycles. The molecule has 3 fully saturated rings. The summed E-state index contributed by atoms with van der Waals surface area (Å²) in [6, 6.07) is 4.13. The van der Waals surface area contributed by atoms with Crippen molar-refractivity contribution < 1.29 is 4.74 Å². The van der Waals surface area contributed by atoms with Crippen molar-refractivity contribution in [1.29, 1.82) is 0 Å². The van der Waals surface area contributed by atoms with E-state index in [0.29, 0.717) is 35.9 Å². The maximum absolute atomic E-state index is 5.97. The molecule has 6 heteroatoms. The van der Waals surface area contributed by atoms with Crippen molar-refractivity contribution >= 4 is 11.5 Å². The van der Waals surface area contributed by atoms with Crippen molar-refractivity contribution in [3.8, 4) is 0 Å². The van der Waals surface area contributed by atoms with Gasteiger partial charge in [-0.2, -0.15) is 4.52 Å². The van der Waals surface area contributed by atoms with E-state index < -0.39 is 0 Å². The summed E-state index contributed by atoms with van der Waals surface area (Å²) in [5, 5.41) is 13.5. The first-order valence-electron chi connectivity index (χ1n) is 8.59. The zero-order valence-electron chi connectivity index (χ0n) is 13.0. The van der Waals surface area contributed by atoms with E-state index in [0.717, 1.165) is 30.4 Å². The average Bonchev–Trinajstić information content (AvgIpc) is 3.08. The molecule has 2 bridgehead atoms. The molecule has 3 aliphatic heterocycles. The van der Waals surface area contributed by atoms with Gasteiger partial charge in [0.25, 0.3) is 0 Å². The normalized spacial score (nSPS) is 40.3. The Kier molecular flexibility index (Phi) is 2.23. The second kappa shape index (κ2) is 4.12. The predicted molar refractivity (Wildman–Crippen MR) is 84.3 cm³/mol. The van der Waals surface area contributed by atoms with Crippen molar-refractivity contribution in [2.75, 3.05) is 18.0 Å². The van der Waals surface area contributed by atoms with Gasteiger partial charge in [0.1, 0.15) is 5.82 Å². The molecule has 2 aromatic rings. The SMILES string of the molecule is CC1CC1c1nnc2ccc(N3CC4C5C=CC(O5)C4C3)nn12. The topological polar surface area (TPSA) is 55.5 Å². The first kappa shape index (κ1) is 12.5. The monoisotopic (exact) mass is 309 g/mol. The average molecular weight is 309 g/mol. The van der Waals surface area contributed by atoms with Gasteiger partial charge in [-0.25, -0.2) is 0 Å². The molecular weight excluding hydrogens is 290 g/mol. The van der Waals surface area contributed by atoms with Gasteiger partial charge in [0, 0.05) is 30.8 Å². The molecule has 0 N–H and O–H groups in total. The van der Waals surface area contributed by atoms with E-state index in [9.17, 15) is 0 Å². The number of ether oxygens (including phenoxy) is 1. The van der Waals surface area contributed by atoms with Crippen LogP contribution in [0.2, 0.25) is 0 Å². The van der Waals surface area contributed by atoms with E-state index in [2.05, 4.69) is 40.2 Å². The van der Waals surface area contributed by atoms with Crippen LogP contribution in [0.1, 0.15) is 25.1 Å². The standard InChI is InChI=1S/C17H19N5O/c1-9-6-10(9)17-19-18-15-4-5-16(20-22(15)17)21-7-11-12(8-21)14-3-2-13(11)23-14/h2-5,9-14H,6-8H2,1H3. The molecule has 1 saturated carbocycles. The lowest BCUT2D eigenvalue weighted by Gasteiger charge is -2.19. The van der Waals surface area contributed by atoms with Crippen molar-refractivity contribution in [3.63, 3.8) is 0 Å². The van der Waals surface area contributed by atoms with Crippen LogP contribution in [0.15, 0.2) is 24.3 Å². The molecule has 23 heavy (non-hydrogen) atoms. The van der Waals surface area contributed by atoms with Gasteiger partial charge in [-0.3, -0.25) is 0 Å². The Labute approximate surface area is 134 Å². The van der Waals surface area contributed by atoms with Gasteiger partial charge in [-0.1, -0.05) is 19.1 Å². The largest absolute Gasteiger partial charge is 0.366 e. The number of fused-ring (bicyclic) bond motifs is 6. The first-order chi connectivity index (χ1) is 11.3. The number of hydrogen-bond donors (Lipinski definition) is 0. The van der Waals surface area contributed by atoms with Crippen LogP contribution in [0.3, 0.4) is 0 Å². The van der Waals surface area contributed by atoms with Gasteiger partial charge in [-0.05, 0) is 24.5 Å². The zero-order valence-corrected chi connectivity index (χ0v) is 13.0. The Morgan fingerprint density at radius 2 is 1.83 bits per heavy atom. The number of rotatable bonds is 2. The molecule has 0 amide bonds. The molecule has 118 valence electrons. The van der Waals surface area contributed by atoms with Gasteiger partial charge in [0.2, 0.25) is 0 Å². The van der Waals surface area contributed by atoms with Gasteiger partial charge in [-0.15, -0.1) is 15.3 Å². The second-order valence-corrected chi connectivity index (χ2v) is 7.52. The van der Waals surface area contributed by atoms with Gasteiger partial charge in [0.15, 0.2) is 11.5 Å². The van der Waals surface area contributed by atoms with Crippen molar-refractivity contribution in [3.05, 3.63) is 30.1 Å². The summed E-state index contributed by atoms with van der Waals surface area (Å²) in [6.07, 6.45) is 6.30. The van der Waals surface area contributed by atoms with Crippen LogP contribution in [-0.2, 0) is 4.74 Å². The third kappa shape index (κ3) is 1.64. The highest BCUT2D eigenvalue weighted by Gasteiger charge is 2.50. The Bertz CT molecular complexity index is 809. The Morgan fingerprint density at radius 3 is 2.52 bits per heavy atom. The summed E-state index contributed by atoms with van der Waals surface area (Å²) in [4.78, 5) is 2.41. The fraction of sp³-hybridized carbons (Fsp3) is 0.588. The second-order valence-electron chi connectivity index (χ2n) is 7.52. The Morgan fingerprint density at radius 1 is 1.09 bits per heavy atom. The molecule has 0 aromatic carbocycles. The number of hydrogen-bond acceptors (Lipinski definition) is 5. The predicted octanol–water partition coefficient (Wildman–Crippen LogP) is 1.64. The maximum atomic E-state index is 5.97. The Hall–Kier alpha value is -1.95. The molecule has 6 atom stereocenters. The molecule has 2 saturated heterocycles. The van der Waals surface area contributed by atoms with Crippen molar-refractivity contribution in [1.82, 2.24) is 19.8 Å². The van der Waals surface area contributed by atoms with Crippen LogP contribution in [0.25, 0.3) is 5.65 Å². The fourth-order valence-electron chi connectivity index (χ4n) is 4.59. The third-order valence-corrected chi connectivity index (χ3v) is 6.10. The molecule has 4 aliphatic rings. The maximum Gasteiger partial charge on any atom is 0.178 e. The van der Waals surface area contributed by atoms with Gasteiger partial charge < -0.3 is 9.64 Å². The van der Waals surface area contributed by atoms with E-state index in [1.165, 1.54) is 6.42 Å². The van der Waals surface area contributed by atoms with E-state index in [4.69, 9.17) is 9.84 Å². The quantitative estimate of drug-likeness (QED) is 0.789. The fourth-order valence-corrected chi connectivity index (χ4v) is 4.59. The van der Waals surface area contributed by atoms with Crippen molar-refractivity contribution in [2.24, 2.45) is 17.8 Å². The highest BCUT2D eigenvalue weighted by molar-refractivity contribution is 5.48. The minimum Gasteiger partial charge on any atom is -0.366 e. The molecule has 2 aromatic heterocycles. The number of nitrogens with zero attached hydrogens (tertiary/aromatic N) is 5. The summed E-state index contributed by atoms with van der Waals surface area (Å²) < 4.78 is 7.93. The lowest BCUT2D eigenvalue weighted by atomic mass is 9.86.